The first-order valence-electron chi connectivity index (χ1n) is 7.68. The quantitative estimate of drug-likeness (QED) is 0.657. The van der Waals surface area contributed by atoms with Crippen molar-refractivity contribution in [3.8, 4) is 0 Å². The minimum atomic E-state index is 0.502. The Hall–Kier alpha value is -0.980. The van der Waals surface area contributed by atoms with E-state index in [1.807, 2.05) is 0 Å². The van der Waals surface area contributed by atoms with Gasteiger partial charge in [0.1, 0.15) is 0 Å². The van der Waals surface area contributed by atoms with Crippen LogP contribution in [-0.2, 0) is 0 Å². The Balaban J connectivity index is 3.50. The molecule has 1 aliphatic heterocycles. The van der Waals surface area contributed by atoms with Crippen LogP contribution >= 0.6 is 0 Å². The first kappa shape index (κ1) is 16.1. The van der Waals surface area contributed by atoms with Crippen LogP contribution in [0.3, 0.4) is 0 Å². The largest absolute Gasteiger partial charge is 0.348 e. The van der Waals surface area contributed by atoms with E-state index >= 15 is 0 Å². The maximum Gasteiger partial charge on any atom is 0.0277 e. The fourth-order valence-electron chi connectivity index (χ4n) is 2.89. The van der Waals surface area contributed by atoms with Crippen molar-refractivity contribution in [2.45, 2.75) is 61.4 Å². The van der Waals surface area contributed by atoms with E-state index in [4.69, 9.17) is 0 Å². The summed E-state index contributed by atoms with van der Waals surface area (Å²) in [5, 5.41) is 0. The monoisotopic (exact) mass is 261 g/mol. The molecular weight excluding hydrogens is 230 g/mol. The van der Waals surface area contributed by atoms with Crippen LogP contribution in [0.25, 0.3) is 0 Å². The maximum absolute atomic E-state index is 2.45. The molecule has 0 aromatic heterocycles. The van der Waals surface area contributed by atoms with Gasteiger partial charge in [-0.1, -0.05) is 47.6 Å². The molecule has 0 spiro atoms. The minimum Gasteiger partial charge on any atom is -0.348 e. The van der Waals surface area contributed by atoms with Gasteiger partial charge < -0.3 is 4.90 Å². The summed E-state index contributed by atoms with van der Waals surface area (Å²) in [7, 11) is 0. The molecule has 0 aliphatic carbocycles. The third-order valence-corrected chi connectivity index (χ3v) is 3.69. The van der Waals surface area contributed by atoms with Crippen LogP contribution in [0.5, 0.6) is 0 Å². The van der Waals surface area contributed by atoms with Gasteiger partial charge in [-0.2, -0.15) is 0 Å². The van der Waals surface area contributed by atoms with Gasteiger partial charge in [-0.15, -0.1) is 0 Å². The second-order valence-electron chi connectivity index (χ2n) is 6.73. The molecule has 0 aromatic carbocycles. The summed E-state index contributed by atoms with van der Waals surface area (Å²) in [4.78, 5) is 2.45. The Kier molecular flexibility index (Phi) is 5.46. The molecule has 0 radical (unpaired) electrons. The summed E-state index contributed by atoms with van der Waals surface area (Å²) < 4.78 is 0. The Morgan fingerprint density at radius 3 is 1.74 bits per heavy atom. The standard InChI is InChI=1S/C18H31N/c1-12(2)16-10-9-11-19(15(7)8)18(14(5)6)17(16)13(3)4/h9-15H,1-8H3. The van der Waals surface area contributed by atoms with Gasteiger partial charge in [-0.3, -0.25) is 0 Å². The van der Waals surface area contributed by atoms with Gasteiger partial charge in [0.15, 0.2) is 0 Å². The van der Waals surface area contributed by atoms with Crippen LogP contribution in [-0.4, -0.2) is 10.9 Å². The summed E-state index contributed by atoms with van der Waals surface area (Å²) in [5.41, 5.74) is 4.54. The molecule has 1 rings (SSSR count). The average molecular weight is 261 g/mol. The van der Waals surface area contributed by atoms with Crippen molar-refractivity contribution in [1.82, 2.24) is 4.90 Å². The molecule has 0 N–H and O–H groups in total. The SMILES string of the molecule is CC(C)C1=CC=CN(C(C)C)C(C(C)C)=C1C(C)C. The van der Waals surface area contributed by atoms with Crippen LogP contribution in [0, 0.1) is 17.8 Å². The molecular formula is C18H31N. The Labute approximate surface area is 120 Å². The predicted octanol–water partition coefficient (Wildman–Crippen LogP) is 5.37. The minimum absolute atomic E-state index is 0.502. The lowest BCUT2D eigenvalue weighted by Gasteiger charge is -2.34. The number of hydrogen-bond acceptors (Lipinski definition) is 1. The smallest absolute Gasteiger partial charge is 0.0277 e. The molecule has 0 saturated heterocycles. The highest BCUT2D eigenvalue weighted by Gasteiger charge is 2.25. The lowest BCUT2D eigenvalue weighted by atomic mass is 9.84. The van der Waals surface area contributed by atoms with E-state index in [1.54, 1.807) is 5.57 Å². The number of hydrogen-bond donors (Lipinski definition) is 0. The molecule has 108 valence electrons. The van der Waals surface area contributed by atoms with Crippen molar-refractivity contribution in [1.29, 1.82) is 0 Å². The molecule has 1 heteroatoms. The fourth-order valence-corrected chi connectivity index (χ4v) is 2.89. The van der Waals surface area contributed by atoms with Gasteiger partial charge in [0.25, 0.3) is 0 Å². The second-order valence-corrected chi connectivity index (χ2v) is 6.73. The first-order valence-corrected chi connectivity index (χ1v) is 7.68. The third kappa shape index (κ3) is 3.52. The Morgan fingerprint density at radius 2 is 1.37 bits per heavy atom. The Morgan fingerprint density at radius 1 is 0.789 bits per heavy atom. The average Bonchev–Trinajstić information content (AvgIpc) is 2.47. The molecule has 1 nitrogen and oxygen atoms in total. The molecule has 0 saturated carbocycles. The van der Waals surface area contributed by atoms with Crippen molar-refractivity contribution >= 4 is 0 Å². The van der Waals surface area contributed by atoms with E-state index in [0.717, 1.165) is 0 Å². The summed E-state index contributed by atoms with van der Waals surface area (Å²) in [5.74, 6) is 1.68. The van der Waals surface area contributed by atoms with E-state index in [9.17, 15) is 0 Å². The van der Waals surface area contributed by atoms with E-state index in [0.29, 0.717) is 23.8 Å². The molecule has 0 bridgehead atoms. The summed E-state index contributed by atoms with van der Waals surface area (Å²) in [6.45, 7) is 18.4. The number of nitrogens with zero attached hydrogens (tertiary/aromatic N) is 1. The highest BCUT2D eigenvalue weighted by molar-refractivity contribution is 5.43. The zero-order valence-corrected chi connectivity index (χ0v) is 14.0. The highest BCUT2D eigenvalue weighted by Crippen LogP contribution is 2.36. The first-order chi connectivity index (χ1) is 8.77. The van der Waals surface area contributed by atoms with Gasteiger partial charge in [-0.25, -0.2) is 0 Å². The van der Waals surface area contributed by atoms with Crippen LogP contribution < -0.4 is 0 Å². The van der Waals surface area contributed by atoms with Gasteiger partial charge in [0.2, 0.25) is 0 Å². The van der Waals surface area contributed by atoms with Crippen LogP contribution in [0.15, 0.2) is 35.2 Å². The molecule has 1 aliphatic rings. The molecule has 1 heterocycles. The normalized spacial score (nSPS) is 17.1. The van der Waals surface area contributed by atoms with Crippen LogP contribution in [0.4, 0.5) is 0 Å². The number of rotatable bonds is 4. The number of allylic oxidation sites excluding steroid dienone is 5. The summed E-state index contributed by atoms with van der Waals surface area (Å²) in [6.07, 6.45) is 6.77. The van der Waals surface area contributed by atoms with Gasteiger partial charge >= 0.3 is 0 Å². The van der Waals surface area contributed by atoms with Crippen LogP contribution in [0.1, 0.15) is 55.4 Å². The van der Waals surface area contributed by atoms with Gasteiger partial charge in [-0.05, 0) is 48.8 Å². The molecule has 0 unspecified atom stereocenters. The molecule has 0 amide bonds. The lowest BCUT2D eigenvalue weighted by molar-refractivity contribution is 0.340. The Bertz CT molecular complexity index is 392. The molecule has 0 atom stereocenters. The topological polar surface area (TPSA) is 3.24 Å². The second kappa shape index (κ2) is 6.45. The van der Waals surface area contributed by atoms with E-state index in [1.165, 1.54) is 11.3 Å². The van der Waals surface area contributed by atoms with E-state index in [2.05, 4.69) is 78.6 Å². The summed E-state index contributed by atoms with van der Waals surface area (Å²) >= 11 is 0. The van der Waals surface area contributed by atoms with Crippen LogP contribution in [0.2, 0.25) is 0 Å². The van der Waals surface area contributed by atoms with Crippen molar-refractivity contribution < 1.29 is 0 Å². The molecule has 0 aromatic rings. The van der Waals surface area contributed by atoms with Gasteiger partial charge in [0.05, 0.1) is 0 Å². The van der Waals surface area contributed by atoms with Gasteiger partial charge in [0, 0.05) is 17.9 Å². The highest BCUT2D eigenvalue weighted by atomic mass is 15.1. The molecule has 0 fully saturated rings. The van der Waals surface area contributed by atoms with Crippen molar-refractivity contribution in [2.24, 2.45) is 17.8 Å². The lowest BCUT2D eigenvalue weighted by Crippen LogP contribution is -2.29. The molecule has 19 heavy (non-hydrogen) atoms. The van der Waals surface area contributed by atoms with Crippen molar-refractivity contribution in [3.63, 3.8) is 0 Å². The van der Waals surface area contributed by atoms with Crippen molar-refractivity contribution in [3.05, 3.63) is 35.2 Å². The zero-order chi connectivity index (χ0) is 14.7. The maximum atomic E-state index is 2.45. The predicted molar refractivity (Wildman–Crippen MR) is 85.7 cm³/mol. The zero-order valence-electron chi connectivity index (χ0n) is 14.0. The summed E-state index contributed by atoms with van der Waals surface area (Å²) in [6, 6.07) is 0.502. The van der Waals surface area contributed by atoms with E-state index in [-0.39, 0.29) is 0 Å². The fraction of sp³-hybridized carbons (Fsp3) is 0.667. The van der Waals surface area contributed by atoms with Crippen molar-refractivity contribution in [2.75, 3.05) is 0 Å². The van der Waals surface area contributed by atoms with E-state index < -0.39 is 0 Å². The third-order valence-electron chi connectivity index (χ3n) is 3.69.